The Kier molecular flexibility index (Phi) is 5.94. The van der Waals surface area contributed by atoms with E-state index < -0.39 is 29.4 Å². The molecule has 20 heavy (non-hydrogen) atoms. The second-order valence-corrected chi connectivity index (χ2v) is 4.26. The normalized spacial score (nSPS) is 20.4. The lowest BCUT2D eigenvalue weighted by Crippen LogP contribution is -2.37. The summed E-state index contributed by atoms with van der Waals surface area (Å²) in [6.07, 6.45) is -0.122. The summed E-state index contributed by atoms with van der Waals surface area (Å²) >= 11 is 0. The molecule has 0 saturated carbocycles. The summed E-state index contributed by atoms with van der Waals surface area (Å²) in [6.45, 7) is 5.55. The molecule has 0 N–H and O–H groups in total. The standard InChI is InChI=1S/C13H20O7/c1-4-17-10(14)9(11(15)18-5-2)7-13(8-20-13)12(16)19-6-3/h9H,4-8H2,1-3H3. The maximum atomic E-state index is 11.8. The smallest absolute Gasteiger partial charge is 0.340 e. The summed E-state index contributed by atoms with van der Waals surface area (Å²) in [5.74, 6) is -3.18. The number of rotatable bonds is 8. The molecule has 1 aliphatic heterocycles. The topological polar surface area (TPSA) is 91.4 Å². The molecule has 1 saturated heterocycles. The highest BCUT2D eigenvalue weighted by atomic mass is 16.6. The fourth-order valence-electron chi connectivity index (χ4n) is 1.75. The van der Waals surface area contributed by atoms with Gasteiger partial charge >= 0.3 is 17.9 Å². The molecule has 0 aromatic carbocycles. The maximum Gasteiger partial charge on any atom is 0.340 e. The number of hydrogen-bond acceptors (Lipinski definition) is 7. The summed E-state index contributed by atoms with van der Waals surface area (Å²) < 4.78 is 19.7. The van der Waals surface area contributed by atoms with Gasteiger partial charge in [0.15, 0.2) is 11.5 Å². The van der Waals surface area contributed by atoms with Crippen LogP contribution in [0.4, 0.5) is 0 Å². The van der Waals surface area contributed by atoms with Gasteiger partial charge < -0.3 is 18.9 Å². The third kappa shape index (κ3) is 3.93. The van der Waals surface area contributed by atoms with Gasteiger partial charge in [-0.25, -0.2) is 4.79 Å². The number of epoxide rings is 1. The SMILES string of the molecule is CCOC(=O)C(CC1(C(=O)OCC)CO1)C(=O)OCC. The summed E-state index contributed by atoms with van der Waals surface area (Å²) in [4.78, 5) is 35.4. The van der Waals surface area contributed by atoms with Gasteiger partial charge in [-0.15, -0.1) is 0 Å². The Labute approximate surface area is 117 Å². The zero-order chi connectivity index (χ0) is 15.2. The van der Waals surface area contributed by atoms with Crippen LogP contribution >= 0.6 is 0 Å². The molecule has 0 spiro atoms. The van der Waals surface area contributed by atoms with Crippen LogP contribution in [-0.4, -0.2) is 49.9 Å². The van der Waals surface area contributed by atoms with Crippen LogP contribution in [0.2, 0.25) is 0 Å². The van der Waals surface area contributed by atoms with E-state index in [1.54, 1.807) is 20.8 Å². The minimum Gasteiger partial charge on any atom is -0.465 e. The van der Waals surface area contributed by atoms with Crippen molar-refractivity contribution in [1.29, 1.82) is 0 Å². The summed E-state index contributed by atoms with van der Waals surface area (Å²) in [5.41, 5.74) is -1.22. The molecule has 7 nitrogen and oxygen atoms in total. The van der Waals surface area contributed by atoms with E-state index in [1.807, 2.05) is 0 Å². The van der Waals surface area contributed by atoms with Crippen LogP contribution in [-0.2, 0) is 33.3 Å². The molecule has 0 aromatic rings. The van der Waals surface area contributed by atoms with Crippen molar-refractivity contribution >= 4 is 17.9 Å². The molecule has 7 heteroatoms. The quantitative estimate of drug-likeness (QED) is 0.277. The molecule has 0 aliphatic carbocycles. The highest BCUT2D eigenvalue weighted by molar-refractivity contribution is 5.96. The van der Waals surface area contributed by atoms with Crippen molar-refractivity contribution in [3.63, 3.8) is 0 Å². The maximum absolute atomic E-state index is 11.8. The Morgan fingerprint density at radius 1 is 1.00 bits per heavy atom. The van der Waals surface area contributed by atoms with Gasteiger partial charge in [0.05, 0.1) is 26.4 Å². The first-order valence-corrected chi connectivity index (χ1v) is 6.65. The van der Waals surface area contributed by atoms with Gasteiger partial charge in [-0.1, -0.05) is 0 Å². The predicted octanol–water partition coefficient (Wildman–Crippen LogP) is 0.451. The monoisotopic (exact) mass is 288 g/mol. The average molecular weight is 288 g/mol. The van der Waals surface area contributed by atoms with Crippen LogP contribution < -0.4 is 0 Å². The van der Waals surface area contributed by atoms with Crippen LogP contribution in [0.1, 0.15) is 27.2 Å². The number of carbonyl (C=O) groups excluding carboxylic acids is 3. The molecule has 1 unspecified atom stereocenters. The molecule has 1 atom stereocenters. The molecular weight excluding hydrogens is 268 g/mol. The van der Waals surface area contributed by atoms with Crippen molar-refractivity contribution in [3.05, 3.63) is 0 Å². The summed E-state index contributed by atoms with van der Waals surface area (Å²) in [5, 5.41) is 0. The van der Waals surface area contributed by atoms with E-state index in [0.717, 1.165) is 0 Å². The van der Waals surface area contributed by atoms with Crippen molar-refractivity contribution in [2.45, 2.75) is 32.8 Å². The summed E-state index contributed by atoms with van der Waals surface area (Å²) in [7, 11) is 0. The zero-order valence-electron chi connectivity index (χ0n) is 12.0. The molecule has 0 aromatic heterocycles. The van der Waals surface area contributed by atoms with Crippen molar-refractivity contribution in [2.24, 2.45) is 5.92 Å². The van der Waals surface area contributed by atoms with Gasteiger partial charge in [-0.2, -0.15) is 0 Å². The van der Waals surface area contributed by atoms with E-state index in [2.05, 4.69) is 0 Å². The van der Waals surface area contributed by atoms with E-state index in [9.17, 15) is 14.4 Å². The number of ether oxygens (including phenoxy) is 4. The summed E-state index contributed by atoms with van der Waals surface area (Å²) in [6, 6.07) is 0. The molecule has 114 valence electrons. The first-order chi connectivity index (χ1) is 9.50. The fraction of sp³-hybridized carbons (Fsp3) is 0.769. The Morgan fingerprint density at radius 2 is 1.45 bits per heavy atom. The second kappa shape index (κ2) is 7.23. The van der Waals surface area contributed by atoms with E-state index in [4.69, 9.17) is 18.9 Å². The van der Waals surface area contributed by atoms with Crippen LogP contribution in [0.5, 0.6) is 0 Å². The molecule has 1 heterocycles. The van der Waals surface area contributed by atoms with Crippen LogP contribution in [0.15, 0.2) is 0 Å². The van der Waals surface area contributed by atoms with E-state index >= 15 is 0 Å². The first-order valence-electron chi connectivity index (χ1n) is 6.65. The van der Waals surface area contributed by atoms with Gasteiger partial charge in [-0.05, 0) is 20.8 Å². The van der Waals surface area contributed by atoms with Gasteiger partial charge in [-0.3, -0.25) is 9.59 Å². The van der Waals surface area contributed by atoms with Crippen LogP contribution in [0, 0.1) is 5.92 Å². The molecule has 1 aliphatic rings. The van der Waals surface area contributed by atoms with Gasteiger partial charge in [0, 0.05) is 6.42 Å². The third-order valence-electron chi connectivity index (χ3n) is 2.82. The Hall–Kier alpha value is -1.63. The van der Waals surface area contributed by atoms with E-state index in [0.29, 0.717) is 0 Å². The van der Waals surface area contributed by atoms with Crippen molar-refractivity contribution in [1.82, 2.24) is 0 Å². The van der Waals surface area contributed by atoms with Crippen LogP contribution in [0.3, 0.4) is 0 Å². The molecule has 1 fully saturated rings. The molecular formula is C13H20O7. The Bertz CT molecular complexity index is 355. The van der Waals surface area contributed by atoms with Gasteiger partial charge in [0.1, 0.15) is 0 Å². The number of esters is 3. The van der Waals surface area contributed by atoms with Crippen LogP contribution in [0.25, 0.3) is 0 Å². The van der Waals surface area contributed by atoms with Crippen molar-refractivity contribution in [2.75, 3.05) is 26.4 Å². The molecule has 0 bridgehead atoms. The predicted molar refractivity (Wildman–Crippen MR) is 66.7 cm³/mol. The lowest BCUT2D eigenvalue weighted by atomic mass is 9.95. The van der Waals surface area contributed by atoms with E-state index in [-0.39, 0.29) is 32.8 Å². The Morgan fingerprint density at radius 3 is 1.80 bits per heavy atom. The Balaban J connectivity index is 2.76. The lowest BCUT2D eigenvalue weighted by molar-refractivity contribution is -0.164. The minimum absolute atomic E-state index is 0.122. The minimum atomic E-state index is -1.22. The highest BCUT2D eigenvalue weighted by Gasteiger charge is 2.57. The highest BCUT2D eigenvalue weighted by Crippen LogP contribution is 2.36. The fourth-order valence-corrected chi connectivity index (χ4v) is 1.75. The van der Waals surface area contributed by atoms with E-state index in [1.165, 1.54) is 0 Å². The third-order valence-corrected chi connectivity index (χ3v) is 2.82. The average Bonchev–Trinajstić information content (AvgIpc) is 3.18. The zero-order valence-corrected chi connectivity index (χ0v) is 12.0. The van der Waals surface area contributed by atoms with Crippen molar-refractivity contribution in [3.8, 4) is 0 Å². The second-order valence-electron chi connectivity index (χ2n) is 4.26. The molecule has 0 radical (unpaired) electrons. The number of carbonyl (C=O) groups is 3. The number of hydrogen-bond donors (Lipinski definition) is 0. The molecule has 0 amide bonds. The van der Waals surface area contributed by atoms with Crippen molar-refractivity contribution < 1.29 is 33.3 Å². The van der Waals surface area contributed by atoms with Gasteiger partial charge in [0.25, 0.3) is 0 Å². The largest absolute Gasteiger partial charge is 0.465 e. The first kappa shape index (κ1) is 16.4. The lowest BCUT2D eigenvalue weighted by Gasteiger charge is -2.17. The molecule has 1 rings (SSSR count). The van der Waals surface area contributed by atoms with Gasteiger partial charge in [0.2, 0.25) is 0 Å².